The van der Waals surface area contributed by atoms with E-state index in [0.717, 1.165) is 24.2 Å². The van der Waals surface area contributed by atoms with Gasteiger partial charge in [-0.2, -0.15) is 0 Å². The van der Waals surface area contributed by atoms with E-state index in [1.807, 2.05) is 0 Å². The number of amides is 2. The van der Waals surface area contributed by atoms with Gasteiger partial charge in [-0.3, -0.25) is 9.59 Å². The van der Waals surface area contributed by atoms with Gasteiger partial charge in [0.1, 0.15) is 16.3 Å². The minimum Gasteiger partial charge on any atom is -0.329 e. The van der Waals surface area contributed by atoms with Crippen molar-refractivity contribution in [2.24, 2.45) is 0 Å². The molecular weight excluding hydrogens is 350 g/mol. The molecule has 0 bridgehead atoms. The first-order valence-electron chi connectivity index (χ1n) is 8.14. The number of hydrogen-bond acceptors (Lipinski definition) is 5. The van der Waals surface area contributed by atoms with Gasteiger partial charge in [0.15, 0.2) is 0 Å². The van der Waals surface area contributed by atoms with E-state index in [9.17, 15) is 18.0 Å². The van der Waals surface area contributed by atoms with Crippen LogP contribution in [-0.4, -0.2) is 61.2 Å². The summed E-state index contributed by atoms with van der Waals surface area (Å²) in [4.78, 5) is 28.6. The predicted molar refractivity (Wildman–Crippen MR) is 87.9 cm³/mol. The summed E-state index contributed by atoms with van der Waals surface area (Å²) in [5, 5.41) is 1.72. The van der Waals surface area contributed by atoms with Crippen LogP contribution in [0.4, 0.5) is 0 Å². The van der Waals surface area contributed by atoms with Crippen LogP contribution in [0.2, 0.25) is 0 Å². The first kappa shape index (κ1) is 16.0. The third kappa shape index (κ3) is 2.55. The number of rotatable bonds is 3. The van der Waals surface area contributed by atoms with Gasteiger partial charge in [-0.25, -0.2) is 13.1 Å². The van der Waals surface area contributed by atoms with Gasteiger partial charge in [0.05, 0.1) is 0 Å². The van der Waals surface area contributed by atoms with E-state index in [2.05, 4.69) is 4.72 Å². The number of carbonyl (C=O) groups excluding carboxylic acids is 2. The molecule has 3 unspecified atom stereocenters. The summed E-state index contributed by atoms with van der Waals surface area (Å²) in [5.41, 5.74) is 0. The Morgan fingerprint density at radius 2 is 1.83 bits per heavy atom. The summed E-state index contributed by atoms with van der Waals surface area (Å²) in [6, 6.07) is 2.10. The van der Waals surface area contributed by atoms with Crippen LogP contribution in [0.25, 0.3) is 0 Å². The highest BCUT2D eigenvalue weighted by Gasteiger charge is 2.49. The van der Waals surface area contributed by atoms with E-state index in [-0.39, 0.29) is 28.1 Å². The highest BCUT2D eigenvalue weighted by atomic mass is 32.2. The maximum absolute atomic E-state index is 12.7. The Hall–Kier alpha value is -1.45. The molecule has 130 valence electrons. The molecule has 1 aromatic rings. The molecule has 3 aliphatic rings. The molecule has 0 saturated carbocycles. The summed E-state index contributed by atoms with van der Waals surface area (Å²) in [6.45, 7) is 1.06. The molecule has 0 aliphatic carbocycles. The van der Waals surface area contributed by atoms with E-state index >= 15 is 0 Å². The van der Waals surface area contributed by atoms with Gasteiger partial charge in [-0.05, 0) is 37.1 Å². The number of nitrogens with zero attached hydrogens (tertiary/aromatic N) is 2. The van der Waals surface area contributed by atoms with Crippen LogP contribution in [0.5, 0.6) is 0 Å². The molecule has 3 saturated heterocycles. The van der Waals surface area contributed by atoms with E-state index < -0.39 is 16.1 Å². The van der Waals surface area contributed by atoms with Crippen molar-refractivity contribution < 1.29 is 18.0 Å². The summed E-state index contributed by atoms with van der Waals surface area (Å²) < 4.78 is 27.7. The molecule has 24 heavy (non-hydrogen) atoms. The van der Waals surface area contributed by atoms with E-state index in [1.54, 1.807) is 27.3 Å². The standard InChI is InChI=1S/C15H19N3O4S2/c19-14-11-3-1-6-17(11)15(20)12-9-10(5-7-18(12)14)16-24(21,22)13-4-2-8-23-13/h2,4,8,10-12,16H,1,3,5-7,9H2. The average Bonchev–Trinajstić information content (AvgIpc) is 3.23. The summed E-state index contributed by atoms with van der Waals surface area (Å²) in [5.74, 6) is -0.00575. The third-order valence-corrected chi connectivity index (χ3v) is 7.99. The number of piperazine rings is 1. The summed E-state index contributed by atoms with van der Waals surface area (Å²) >= 11 is 1.16. The smallest absolute Gasteiger partial charge is 0.250 e. The molecule has 7 nitrogen and oxygen atoms in total. The highest BCUT2D eigenvalue weighted by molar-refractivity contribution is 7.91. The van der Waals surface area contributed by atoms with Gasteiger partial charge in [0.25, 0.3) is 0 Å². The topological polar surface area (TPSA) is 86.8 Å². The Morgan fingerprint density at radius 1 is 1.08 bits per heavy atom. The van der Waals surface area contributed by atoms with Crippen LogP contribution in [0.1, 0.15) is 25.7 Å². The average molecular weight is 369 g/mol. The highest BCUT2D eigenvalue weighted by Crippen LogP contribution is 2.32. The first-order valence-corrected chi connectivity index (χ1v) is 10.5. The molecule has 9 heteroatoms. The molecule has 1 aromatic heterocycles. The minimum atomic E-state index is -3.56. The number of sulfonamides is 1. The maximum atomic E-state index is 12.7. The molecule has 0 aromatic carbocycles. The molecule has 3 aliphatic heterocycles. The van der Waals surface area contributed by atoms with Crippen molar-refractivity contribution in [3.05, 3.63) is 17.5 Å². The second kappa shape index (κ2) is 5.82. The zero-order chi connectivity index (χ0) is 16.9. The zero-order valence-electron chi connectivity index (χ0n) is 13.1. The molecule has 1 N–H and O–H groups in total. The SMILES string of the molecule is O=C1C2CC(NS(=O)(=O)c3cccs3)CCN2C(=O)C2CCCN12. The lowest BCUT2D eigenvalue weighted by molar-refractivity contribution is -0.161. The van der Waals surface area contributed by atoms with Gasteiger partial charge in [-0.15, -0.1) is 11.3 Å². The van der Waals surface area contributed by atoms with Crippen LogP contribution in [0, 0.1) is 0 Å². The van der Waals surface area contributed by atoms with Crippen molar-refractivity contribution in [1.82, 2.24) is 14.5 Å². The van der Waals surface area contributed by atoms with Crippen molar-refractivity contribution in [3.8, 4) is 0 Å². The lowest BCUT2D eigenvalue weighted by Crippen LogP contribution is -2.66. The molecule has 3 fully saturated rings. The molecule has 0 radical (unpaired) electrons. The van der Waals surface area contributed by atoms with Crippen molar-refractivity contribution in [2.45, 2.75) is 48.0 Å². The van der Waals surface area contributed by atoms with Gasteiger partial charge >= 0.3 is 0 Å². The fraction of sp³-hybridized carbons (Fsp3) is 0.600. The Bertz CT molecular complexity index is 762. The number of carbonyl (C=O) groups is 2. The Morgan fingerprint density at radius 3 is 2.58 bits per heavy atom. The van der Waals surface area contributed by atoms with Crippen LogP contribution < -0.4 is 4.72 Å². The van der Waals surface area contributed by atoms with Crippen LogP contribution >= 0.6 is 11.3 Å². The lowest BCUT2D eigenvalue weighted by Gasteiger charge is -2.46. The molecule has 3 atom stereocenters. The number of nitrogens with one attached hydrogen (secondary N) is 1. The summed E-state index contributed by atoms with van der Waals surface area (Å²) in [7, 11) is -3.56. The lowest BCUT2D eigenvalue weighted by atomic mass is 9.93. The van der Waals surface area contributed by atoms with Crippen molar-refractivity contribution in [3.63, 3.8) is 0 Å². The number of thiophene rings is 1. The molecule has 4 heterocycles. The quantitative estimate of drug-likeness (QED) is 0.835. The van der Waals surface area contributed by atoms with E-state index in [0.29, 0.717) is 25.9 Å². The van der Waals surface area contributed by atoms with Crippen molar-refractivity contribution in [2.75, 3.05) is 13.1 Å². The van der Waals surface area contributed by atoms with Crippen molar-refractivity contribution >= 4 is 33.2 Å². The minimum absolute atomic E-state index is 0.0247. The van der Waals surface area contributed by atoms with Crippen LogP contribution in [-0.2, 0) is 19.6 Å². The second-order valence-corrected chi connectivity index (χ2v) is 9.40. The van der Waals surface area contributed by atoms with Gasteiger partial charge in [0, 0.05) is 19.1 Å². The maximum Gasteiger partial charge on any atom is 0.250 e. The number of piperidine rings is 1. The van der Waals surface area contributed by atoms with Crippen LogP contribution in [0.15, 0.2) is 21.7 Å². The summed E-state index contributed by atoms with van der Waals surface area (Å²) in [6.07, 6.45) is 2.48. The molecule has 4 rings (SSSR count). The van der Waals surface area contributed by atoms with Crippen molar-refractivity contribution in [1.29, 1.82) is 0 Å². The normalized spacial score (nSPS) is 30.4. The largest absolute Gasteiger partial charge is 0.329 e. The Labute approximate surface area is 144 Å². The number of fused-ring (bicyclic) bond motifs is 2. The third-order valence-electron chi connectivity index (χ3n) is 5.07. The van der Waals surface area contributed by atoms with Crippen LogP contribution in [0.3, 0.4) is 0 Å². The molecule has 0 spiro atoms. The second-order valence-electron chi connectivity index (χ2n) is 6.51. The fourth-order valence-corrected chi connectivity index (χ4v) is 6.23. The van der Waals surface area contributed by atoms with Gasteiger partial charge < -0.3 is 9.80 Å². The molecule has 2 amide bonds. The fourth-order valence-electron chi connectivity index (χ4n) is 3.93. The number of hydrogen-bond donors (Lipinski definition) is 1. The van der Waals surface area contributed by atoms with E-state index in [1.165, 1.54) is 0 Å². The van der Waals surface area contributed by atoms with E-state index in [4.69, 9.17) is 0 Å². The predicted octanol–water partition coefficient (Wildman–Crippen LogP) is 0.391. The molecular formula is C15H19N3O4S2. The van der Waals surface area contributed by atoms with Gasteiger partial charge in [0.2, 0.25) is 21.8 Å². The van der Waals surface area contributed by atoms with Gasteiger partial charge in [-0.1, -0.05) is 6.07 Å². The monoisotopic (exact) mass is 369 g/mol. The zero-order valence-corrected chi connectivity index (χ0v) is 14.7. The first-order chi connectivity index (χ1) is 11.5. The Kier molecular flexibility index (Phi) is 3.89. The Balaban J connectivity index is 1.51.